The van der Waals surface area contributed by atoms with Crippen LogP contribution in [0.15, 0.2) is 0 Å². The van der Waals surface area contributed by atoms with Gasteiger partial charge in [0, 0.05) is 44.9 Å². The molecule has 5 atom stereocenters. The first-order valence-electron chi connectivity index (χ1n) is 22.2. The number of ketones is 3. The molecule has 8 nitrogen and oxygen atoms in total. The van der Waals surface area contributed by atoms with E-state index in [4.69, 9.17) is 0 Å². The average molecular weight is 789 g/mol. The molecule has 0 spiro atoms. The van der Waals surface area contributed by atoms with Crippen molar-refractivity contribution in [3.05, 3.63) is 0 Å². The molecule has 1 N–H and O–H groups in total. The van der Waals surface area contributed by atoms with Gasteiger partial charge < -0.3 is 14.9 Å². The molecule has 4 fully saturated rings. The lowest BCUT2D eigenvalue weighted by molar-refractivity contribution is -0.145. The molecule has 56 heavy (non-hydrogen) atoms. The van der Waals surface area contributed by atoms with E-state index in [1.54, 1.807) is 25.7 Å². The molecule has 0 aromatic heterocycles. The molecule has 2 saturated heterocycles. The standard InChI is InChI=1S/C12H23NO2.C12H21NO2.2C12H22O/c2*1-9(14)11(15)13-7-5-6-10(8-13)12(2,3)4;1-9(13)10-5-7-11(8-6-10)12(2,3)4;1-9(13)10-6-5-7-11(8-10)12(2,3)4/h9-10,14H,5-8H2,1-4H3;10H,5-8H2,1-4H3;2*10-11H,5-8H2,1-4H3. The maximum atomic E-state index is 11.6. The van der Waals surface area contributed by atoms with Crippen LogP contribution >= 0.6 is 0 Å². The van der Waals surface area contributed by atoms with E-state index in [1.807, 2.05) is 4.90 Å². The largest absolute Gasteiger partial charge is 0.384 e. The van der Waals surface area contributed by atoms with E-state index < -0.39 is 6.10 Å². The van der Waals surface area contributed by atoms with Crippen molar-refractivity contribution in [3.8, 4) is 0 Å². The highest BCUT2D eigenvalue weighted by Crippen LogP contribution is 2.41. The van der Waals surface area contributed by atoms with Crippen LogP contribution in [0.2, 0.25) is 0 Å². The lowest BCUT2D eigenvalue weighted by Gasteiger charge is -2.40. The fourth-order valence-electron chi connectivity index (χ4n) is 8.95. The summed E-state index contributed by atoms with van der Waals surface area (Å²) in [5, 5.41) is 9.27. The van der Waals surface area contributed by atoms with Crippen LogP contribution in [0.5, 0.6) is 0 Å². The molecule has 2 aliphatic heterocycles. The molecule has 5 unspecified atom stereocenters. The van der Waals surface area contributed by atoms with Gasteiger partial charge in [-0.1, -0.05) is 89.5 Å². The third kappa shape index (κ3) is 18.2. The first-order chi connectivity index (χ1) is 25.5. The predicted molar refractivity (Wildman–Crippen MR) is 231 cm³/mol. The molecule has 326 valence electrons. The van der Waals surface area contributed by atoms with Gasteiger partial charge in [0.1, 0.15) is 17.7 Å². The zero-order chi connectivity index (χ0) is 43.4. The maximum absolute atomic E-state index is 11.6. The van der Waals surface area contributed by atoms with Crippen LogP contribution in [0.4, 0.5) is 0 Å². The summed E-state index contributed by atoms with van der Waals surface area (Å²) in [5.41, 5.74) is 1.28. The van der Waals surface area contributed by atoms with Gasteiger partial charge in [0.25, 0.3) is 11.8 Å². The maximum Gasteiger partial charge on any atom is 0.289 e. The summed E-state index contributed by atoms with van der Waals surface area (Å²) in [6.07, 6.45) is 13.1. The number of likely N-dealkylation sites (tertiary alicyclic amines) is 2. The van der Waals surface area contributed by atoms with Crippen molar-refractivity contribution in [2.24, 2.45) is 57.2 Å². The number of piperidine rings is 2. The van der Waals surface area contributed by atoms with Gasteiger partial charge in [-0.15, -0.1) is 0 Å². The number of hydrogen-bond donors (Lipinski definition) is 1. The van der Waals surface area contributed by atoms with Gasteiger partial charge in [-0.05, 0) is 137 Å². The highest BCUT2D eigenvalue weighted by Gasteiger charge is 2.35. The fraction of sp³-hybridized carbons (Fsp3) is 0.896. The van der Waals surface area contributed by atoms with Crippen molar-refractivity contribution in [1.82, 2.24) is 9.80 Å². The minimum absolute atomic E-state index is 0.121. The van der Waals surface area contributed by atoms with Gasteiger partial charge in [0.15, 0.2) is 0 Å². The van der Waals surface area contributed by atoms with Crippen LogP contribution in [0.3, 0.4) is 0 Å². The number of carbonyl (C=O) groups excluding carboxylic acids is 5. The van der Waals surface area contributed by atoms with Crippen molar-refractivity contribution in [2.45, 2.75) is 194 Å². The van der Waals surface area contributed by atoms with Crippen LogP contribution in [-0.2, 0) is 24.0 Å². The van der Waals surface area contributed by atoms with E-state index in [-0.39, 0.29) is 28.4 Å². The summed E-state index contributed by atoms with van der Waals surface area (Å²) in [6.45, 7) is 36.5. The lowest BCUT2D eigenvalue weighted by Crippen LogP contribution is -2.46. The summed E-state index contributed by atoms with van der Waals surface area (Å²) < 4.78 is 0. The summed E-state index contributed by atoms with van der Waals surface area (Å²) in [5.74, 6) is 3.37. The lowest BCUT2D eigenvalue weighted by atomic mass is 9.68. The third-order valence-corrected chi connectivity index (χ3v) is 13.6. The quantitative estimate of drug-likeness (QED) is 0.284. The van der Waals surface area contributed by atoms with Gasteiger partial charge in [0.2, 0.25) is 5.78 Å². The Morgan fingerprint density at radius 3 is 1.27 bits per heavy atom. The number of rotatable bonds is 4. The molecule has 0 aromatic carbocycles. The second-order valence-electron chi connectivity index (χ2n) is 22.2. The number of carbonyl (C=O) groups is 5. The van der Waals surface area contributed by atoms with Crippen molar-refractivity contribution < 1.29 is 29.1 Å². The minimum Gasteiger partial charge on any atom is -0.384 e. The van der Waals surface area contributed by atoms with Crippen LogP contribution in [0.25, 0.3) is 0 Å². The van der Waals surface area contributed by atoms with Gasteiger partial charge in [-0.3, -0.25) is 24.0 Å². The van der Waals surface area contributed by atoms with Crippen molar-refractivity contribution in [1.29, 1.82) is 0 Å². The second-order valence-corrected chi connectivity index (χ2v) is 22.2. The van der Waals surface area contributed by atoms with Gasteiger partial charge in [-0.25, -0.2) is 0 Å². The smallest absolute Gasteiger partial charge is 0.289 e. The number of Topliss-reactive ketones (excluding diaryl/α,β-unsaturated/α-hetero) is 3. The van der Waals surface area contributed by atoms with Crippen LogP contribution < -0.4 is 0 Å². The normalized spacial score (nSPS) is 26.8. The highest BCUT2D eigenvalue weighted by atomic mass is 16.3. The Morgan fingerprint density at radius 2 is 0.893 bits per heavy atom. The number of aliphatic hydroxyl groups excluding tert-OH is 1. The fourth-order valence-corrected chi connectivity index (χ4v) is 8.95. The van der Waals surface area contributed by atoms with Crippen molar-refractivity contribution in [2.75, 3.05) is 26.2 Å². The zero-order valence-electron chi connectivity index (χ0n) is 39.2. The number of hydrogen-bond acceptors (Lipinski definition) is 6. The molecule has 0 radical (unpaired) electrons. The van der Waals surface area contributed by atoms with E-state index in [0.717, 1.165) is 83.0 Å². The number of aliphatic hydroxyl groups is 1. The predicted octanol–water partition coefficient (Wildman–Crippen LogP) is 10.4. The van der Waals surface area contributed by atoms with Crippen LogP contribution in [0, 0.1) is 57.2 Å². The van der Waals surface area contributed by atoms with E-state index in [9.17, 15) is 29.1 Å². The summed E-state index contributed by atoms with van der Waals surface area (Å²) in [7, 11) is 0. The Balaban J connectivity index is 0.000000374. The Kier molecular flexibility index (Phi) is 20.7. The SMILES string of the molecule is CC(=O)C(=O)N1CCCC(C(C)(C)C)C1.CC(=O)C1CCC(C(C)(C)C)CC1.CC(=O)C1CCCC(C(C)(C)C)C1.CC(O)C(=O)N1CCCC(C(C)(C)C)C1. The molecule has 0 bridgehead atoms. The molecule has 4 rings (SSSR count). The van der Waals surface area contributed by atoms with Crippen molar-refractivity contribution >= 4 is 29.2 Å². The van der Waals surface area contributed by atoms with Crippen LogP contribution in [0.1, 0.15) is 188 Å². The Morgan fingerprint density at radius 1 is 0.500 bits per heavy atom. The van der Waals surface area contributed by atoms with E-state index >= 15 is 0 Å². The molecule has 4 aliphatic rings. The summed E-state index contributed by atoms with van der Waals surface area (Å²) in [4.78, 5) is 60.1. The summed E-state index contributed by atoms with van der Waals surface area (Å²) in [6, 6.07) is 0. The first-order valence-corrected chi connectivity index (χ1v) is 22.2. The molecular formula is C48H88N2O6. The molecule has 2 aliphatic carbocycles. The van der Waals surface area contributed by atoms with E-state index in [2.05, 4.69) is 83.1 Å². The topological polar surface area (TPSA) is 112 Å². The van der Waals surface area contributed by atoms with E-state index in [1.165, 1.54) is 39.0 Å². The third-order valence-electron chi connectivity index (χ3n) is 13.6. The number of amides is 2. The minimum atomic E-state index is -0.858. The van der Waals surface area contributed by atoms with E-state index in [0.29, 0.717) is 46.1 Å². The van der Waals surface area contributed by atoms with Crippen LogP contribution in [-0.4, -0.2) is 76.4 Å². The van der Waals surface area contributed by atoms with Gasteiger partial charge in [-0.2, -0.15) is 0 Å². The monoisotopic (exact) mass is 789 g/mol. The zero-order valence-corrected chi connectivity index (χ0v) is 39.2. The molecule has 2 heterocycles. The average Bonchev–Trinajstić information content (AvgIpc) is 3.10. The van der Waals surface area contributed by atoms with Gasteiger partial charge >= 0.3 is 0 Å². The Labute approximate surface area is 344 Å². The first kappa shape index (κ1) is 51.9. The highest BCUT2D eigenvalue weighted by molar-refractivity contribution is 6.35. The Hall–Kier alpha value is -2.09. The second kappa shape index (κ2) is 22.3. The molecule has 2 amide bonds. The molecule has 2 saturated carbocycles. The molecule has 0 aromatic rings. The van der Waals surface area contributed by atoms with Gasteiger partial charge in [0.05, 0.1) is 0 Å². The van der Waals surface area contributed by atoms with Crippen molar-refractivity contribution in [3.63, 3.8) is 0 Å². The number of nitrogens with zero attached hydrogens (tertiary/aromatic N) is 2. The Bertz CT molecular complexity index is 1250. The molecule has 8 heteroatoms. The summed E-state index contributed by atoms with van der Waals surface area (Å²) >= 11 is 0. The molecular weight excluding hydrogens is 701 g/mol.